The maximum Gasteiger partial charge on any atom is -1.00 e. The zero-order valence-corrected chi connectivity index (χ0v) is 35.9. The Hall–Kier alpha value is -2.05. The van der Waals surface area contributed by atoms with E-state index in [0.717, 1.165) is 6.42 Å². The van der Waals surface area contributed by atoms with Crippen molar-refractivity contribution in [3.8, 4) is 11.1 Å². The van der Waals surface area contributed by atoms with Crippen molar-refractivity contribution in [2.24, 2.45) is 11.3 Å². The van der Waals surface area contributed by atoms with E-state index in [-0.39, 0.29) is 41.1 Å². The van der Waals surface area contributed by atoms with Crippen LogP contribution in [0.4, 0.5) is 0 Å². The van der Waals surface area contributed by atoms with Gasteiger partial charge in [0.05, 0.1) is 0 Å². The summed E-state index contributed by atoms with van der Waals surface area (Å²) in [5.41, 5.74) is 21.3. The third kappa shape index (κ3) is 5.97. The molecule has 0 aliphatic heterocycles. The summed E-state index contributed by atoms with van der Waals surface area (Å²) >= 11 is -2.73. The molecule has 3 heteroatoms. The van der Waals surface area contributed by atoms with Gasteiger partial charge in [0, 0.05) is 0 Å². The van der Waals surface area contributed by atoms with Crippen molar-refractivity contribution in [2.45, 2.75) is 111 Å². The first kappa shape index (κ1) is 38.2. The van der Waals surface area contributed by atoms with Crippen LogP contribution in [0.5, 0.6) is 0 Å². The van der Waals surface area contributed by atoms with Gasteiger partial charge in [-0.3, -0.25) is 0 Å². The summed E-state index contributed by atoms with van der Waals surface area (Å²) in [5.74, 6) is 0.478. The summed E-state index contributed by atoms with van der Waals surface area (Å²) in [4.78, 5) is 0. The molecule has 1 atom stereocenters. The van der Waals surface area contributed by atoms with Gasteiger partial charge in [0.25, 0.3) is 0 Å². The van der Waals surface area contributed by atoms with Crippen LogP contribution >= 0.6 is 0 Å². The smallest absolute Gasteiger partial charge is 1.00 e. The molecule has 0 heterocycles. The Labute approximate surface area is 317 Å². The van der Waals surface area contributed by atoms with Crippen LogP contribution in [0.25, 0.3) is 22.3 Å². The predicted molar refractivity (Wildman–Crippen MR) is 202 cm³/mol. The first-order chi connectivity index (χ1) is 21.9. The molecule has 4 aliphatic rings. The van der Waals surface area contributed by atoms with E-state index in [1.807, 2.05) is 3.28 Å². The summed E-state index contributed by atoms with van der Waals surface area (Å²) in [6, 6.07) is 20.1. The van der Waals surface area contributed by atoms with Crippen LogP contribution in [0.3, 0.4) is 0 Å². The average molecular weight is 769 g/mol. The molecule has 7 rings (SSSR count). The van der Waals surface area contributed by atoms with Crippen LogP contribution in [-0.4, -0.2) is 3.21 Å². The maximum absolute atomic E-state index is 2.73. The Morgan fingerprint density at radius 2 is 1.20 bits per heavy atom. The topological polar surface area (TPSA) is 0 Å². The summed E-state index contributed by atoms with van der Waals surface area (Å²) in [5, 5.41) is 0. The van der Waals surface area contributed by atoms with Crippen LogP contribution in [-0.2, 0) is 32.1 Å². The molecule has 0 radical (unpaired) electrons. The second-order valence-corrected chi connectivity index (χ2v) is 23.9. The Bertz CT molecular complexity index is 1950. The standard InChI is InChI=1S/C25H25.C12H19.C9H10.2ClH.Zr/c1-14-12-24(3,4)22-8-16-7-17-9-23-19(15(2)13-25(23,5)6)11-21(17)20(16)10-18(14)22;1-6-10-7-9(2)8-11(10)12(3,4)5;1-3-9-6-4-8(2)5-7-9;;;/h7-13H,1-6H3;8-9H,6H2,1-5H3;4-7H,1-2H3;2*1H;/q;;;;;+2/p-2. The molecule has 0 saturated heterocycles. The van der Waals surface area contributed by atoms with Crippen molar-refractivity contribution in [2.75, 3.05) is 0 Å². The van der Waals surface area contributed by atoms with Crippen molar-refractivity contribution in [3.05, 3.63) is 126 Å². The molecule has 0 amide bonds. The minimum Gasteiger partial charge on any atom is -1.00 e. The van der Waals surface area contributed by atoms with Gasteiger partial charge in [0.2, 0.25) is 0 Å². The van der Waals surface area contributed by atoms with Crippen LogP contribution in [0, 0.1) is 18.3 Å². The Kier molecular flexibility index (Phi) is 10.0. The molecule has 0 saturated carbocycles. The largest absolute Gasteiger partial charge is 1.00 e. The van der Waals surface area contributed by atoms with Crippen LogP contribution in [0.2, 0.25) is 0 Å². The van der Waals surface area contributed by atoms with E-state index in [9.17, 15) is 0 Å². The monoisotopic (exact) mass is 766 g/mol. The first-order valence-electron chi connectivity index (χ1n) is 18.0. The fourth-order valence-electron chi connectivity index (χ4n) is 9.65. The van der Waals surface area contributed by atoms with Gasteiger partial charge in [-0.15, -0.1) is 0 Å². The number of hydrogen-bond acceptors (Lipinski definition) is 0. The van der Waals surface area contributed by atoms with Gasteiger partial charge in [-0.1, -0.05) is 0 Å². The van der Waals surface area contributed by atoms with E-state index in [1.165, 1.54) is 55.7 Å². The van der Waals surface area contributed by atoms with E-state index in [4.69, 9.17) is 0 Å². The normalized spacial score (nSPS) is 20.0. The molecular formula is C46H54Cl2Zr. The van der Waals surface area contributed by atoms with Crippen molar-refractivity contribution < 1.29 is 46.1 Å². The van der Waals surface area contributed by atoms with Crippen LogP contribution in [0.1, 0.15) is 138 Å². The quantitative estimate of drug-likeness (QED) is 0.281. The number of hydrogen-bond donors (Lipinski definition) is 0. The molecule has 0 spiro atoms. The van der Waals surface area contributed by atoms with Gasteiger partial charge < -0.3 is 24.8 Å². The molecule has 256 valence electrons. The molecule has 0 bridgehead atoms. The van der Waals surface area contributed by atoms with Crippen molar-refractivity contribution >= 4 is 14.4 Å². The number of aryl methyl sites for hydroxylation is 1. The summed E-state index contributed by atoms with van der Waals surface area (Å²) < 4.78 is 3.97. The molecule has 4 aliphatic carbocycles. The Morgan fingerprint density at radius 1 is 0.735 bits per heavy atom. The molecule has 0 fully saturated rings. The second-order valence-electron chi connectivity index (χ2n) is 17.3. The molecular weight excluding hydrogens is 715 g/mol. The zero-order valence-electron chi connectivity index (χ0n) is 32.0. The first-order valence-corrected chi connectivity index (χ1v) is 21.8. The summed E-state index contributed by atoms with van der Waals surface area (Å²) in [6.45, 7) is 31.2. The van der Waals surface area contributed by atoms with Crippen LogP contribution in [0.15, 0.2) is 81.2 Å². The molecule has 0 aromatic heterocycles. The van der Waals surface area contributed by atoms with E-state index >= 15 is 0 Å². The van der Waals surface area contributed by atoms with Crippen molar-refractivity contribution in [3.63, 3.8) is 0 Å². The third-order valence-corrected chi connectivity index (χ3v) is 20.8. The number of allylic oxidation sites excluding steroid dienone is 8. The van der Waals surface area contributed by atoms with Gasteiger partial charge in [-0.2, -0.15) is 0 Å². The van der Waals surface area contributed by atoms with E-state index in [0.29, 0.717) is 9.54 Å². The van der Waals surface area contributed by atoms with Gasteiger partial charge in [0.15, 0.2) is 0 Å². The second kappa shape index (κ2) is 12.9. The van der Waals surface area contributed by atoms with E-state index < -0.39 is 21.3 Å². The molecule has 3 aromatic carbocycles. The van der Waals surface area contributed by atoms with Crippen LogP contribution < -0.4 is 24.8 Å². The Morgan fingerprint density at radius 3 is 1.63 bits per heavy atom. The number of rotatable bonds is 4. The summed E-state index contributed by atoms with van der Waals surface area (Å²) in [6.07, 6.45) is 8.77. The predicted octanol–water partition coefficient (Wildman–Crippen LogP) is 6.61. The van der Waals surface area contributed by atoms with Gasteiger partial charge >= 0.3 is 295 Å². The third-order valence-electron chi connectivity index (χ3n) is 11.8. The number of fused-ring (bicyclic) bond motifs is 5. The SMILES string of the molecule is CCC1=[C](/[Zr+2](=[C](/C)c2ccc(C)cc2)[CH]2c3cc4c(cc3-c3cc5c(cc32)C(C)(C)C=C5C)C(C)=CC4(C)C)C(C)C=C1C(C)(C)C.[Cl-].[Cl-]. The maximum atomic E-state index is 2.69. The number of halogens is 2. The van der Waals surface area contributed by atoms with Gasteiger partial charge in [-0.05, 0) is 0 Å². The minimum atomic E-state index is -2.73. The Balaban J connectivity index is 0.00000234. The molecule has 1 unspecified atom stereocenters. The van der Waals surface area contributed by atoms with E-state index in [1.54, 1.807) is 25.5 Å². The average Bonchev–Trinajstić information content (AvgIpc) is 3.64. The van der Waals surface area contributed by atoms with Gasteiger partial charge in [-0.25, -0.2) is 0 Å². The minimum absolute atomic E-state index is 0. The molecule has 49 heavy (non-hydrogen) atoms. The molecule has 3 aromatic rings. The fraction of sp³-hybridized carbons (Fsp3) is 0.413. The molecule has 0 nitrogen and oxygen atoms in total. The molecule has 0 N–H and O–H groups in total. The zero-order chi connectivity index (χ0) is 34.0. The van der Waals surface area contributed by atoms with E-state index in [2.05, 4.69) is 157 Å². The van der Waals surface area contributed by atoms with Crippen molar-refractivity contribution in [1.29, 1.82) is 0 Å². The van der Waals surface area contributed by atoms with Gasteiger partial charge in [0.1, 0.15) is 0 Å². The summed E-state index contributed by atoms with van der Waals surface area (Å²) in [7, 11) is 0. The fourth-order valence-corrected chi connectivity index (χ4v) is 19.3. The number of benzene rings is 3. The van der Waals surface area contributed by atoms with Crippen molar-refractivity contribution in [1.82, 2.24) is 0 Å².